The second-order valence-electron chi connectivity index (χ2n) is 5.21. The summed E-state index contributed by atoms with van der Waals surface area (Å²) in [4.78, 5) is 4.55. The smallest absolute Gasteiger partial charge is 0.191 e. The third-order valence-electron chi connectivity index (χ3n) is 3.42. The molecule has 8 heteroatoms. The monoisotopic (exact) mass is 477 g/mol. The third-order valence-corrected chi connectivity index (χ3v) is 4.43. The van der Waals surface area contributed by atoms with E-state index in [4.69, 9.17) is 0 Å². The summed E-state index contributed by atoms with van der Waals surface area (Å²) >= 11 is 1.70. The Hall–Kier alpha value is -1.29. The van der Waals surface area contributed by atoms with Gasteiger partial charge in [0.05, 0.1) is 12.2 Å². The Kier molecular flexibility index (Phi) is 10.6. The first kappa shape index (κ1) is 21.8. The molecule has 0 saturated carbocycles. The molecule has 0 fully saturated rings. The van der Waals surface area contributed by atoms with Crippen molar-refractivity contribution in [1.82, 2.24) is 20.4 Å². The van der Waals surface area contributed by atoms with Gasteiger partial charge in [0.15, 0.2) is 5.96 Å². The maximum Gasteiger partial charge on any atom is 0.191 e. The third kappa shape index (κ3) is 7.64. The van der Waals surface area contributed by atoms with Crippen LogP contribution in [-0.2, 0) is 19.3 Å². The summed E-state index contributed by atoms with van der Waals surface area (Å²) in [6.45, 7) is 4.19. The summed E-state index contributed by atoms with van der Waals surface area (Å²) in [5.74, 6) is 2.20. The van der Waals surface area contributed by atoms with E-state index in [0.29, 0.717) is 12.3 Å². The highest BCUT2D eigenvalue weighted by atomic mass is 127. The van der Waals surface area contributed by atoms with Crippen LogP contribution in [0.1, 0.15) is 18.2 Å². The van der Waals surface area contributed by atoms with Crippen molar-refractivity contribution in [3.8, 4) is 0 Å². The first-order valence-electron chi connectivity index (χ1n) is 8.01. The molecule has 25 heavy (non-hydrogen) atoms. The van der Waals surface area contributed by atoms with Gasteiger partial charge in [0.25, 0.3) is 0 Å². The Labute approximate surface area is 169 Å². The Morgan fingerprint density at radius 3 is 2.76 bits per heavy atom. The van der Waals surface area contributed by atoms with E-state index in [1.807, 2.05) is 36.9 Å². The number of nitrogens with one attached hydrogen (secondary N) is 2. The van der Waals surface area contributed by atoms with Gasteiger partial charge in [0.2, 0.25) is 0 Å². The molecule has 0 aliphatic rings. The number of halogens is 2. The summed E-state index contributed by atoms with van der Waals surface area (Å²) in [6, 6.07) is 8.87. The molecule has 1 heterocycles. The lowest BCUT2D eigenvalue weighted by Crippen LogP contribution is -2.38. The number of nitrogens with zero attached hydrogens (tertiary/aromatic N) is 3. The lowest BCUT2D eigenvalue weighted by atomic mass is 10.2. The van der Waals surface area contributed by atoms with Crippen LogP contribution < -0.4 is 10.6 Å². The van der Waals surface area contributed by atoms with Crippen LogP contribution in [0.4, 0.5) is 4.39 Å². The van der Waals surface area contributed by atoms with Crippen molar-refractivity contribution in [3.63, 3.8) is 0 Å². The molecule has 0 unspecified atom stereocenters. The van der Waals surface area contributed by atoms with Gasteiger partial charge in [0.1, 0.15) is 5.82 Å². The Morgan fingerprint density at radius 1 is 1.28 bits per heavy atom. The maximum atomic E-state index is 13.5. The zero-order valence-corrected chi connectivity index (χ0v) is 17.7. The molecule has 0 spiro atoms. The molecular formula is C17H25FIN5S. The van der Waals surface area contributed by atoms with Gasteiger partial charge in [-0.15, -0.1) is 24.0 Å². The van der Waals surface area contributed by atoms with Gasteiger partial charge in [-0.25, -0.2) is 9.38 Å². The Morgan fingerprint density at radius 2 is 2.08 bits per heavy atom. The van der Waals surface area contributed by atoms with E-state index in [-0.39, 0.29) is 29.8 Å². The second-order valence-corrected chi connectivity index (χ2v) is 6.32. The van der Waals surface area contributed by atoms with Crippen LogP contribution in [0.15, 0.2) is 41.5 Å². The van der Waals surface area contributed by atoms with Crippen molar-refractivity contribution in [2.24, 2.45) is 12.0 Å². The number of guanidine groups is 1. The summed E-state index contributed by atoms with van der Waals surface area (Å²) in [7, 11) is 1.91. The number of aliphatic imine (C=N–C) groups is 1. The van der Waals surface area contributed by atoms with Crippen molar-refractivity contribution in [3.05, 3.63) is 53.6 Å². The predicted octanol–water partition coefficient (Wildman–Crippen LogP) is 3.17. The van der Waals surface area contributed by atoms with E-state index < -0.39 is 0 Å². The highest BCUT2D eigenvalue weighted by Crippen LogP contribution is 2.14. The average Bonchev–Trinajstić information content (AvgIpc) is 2.99. The number of rotatable bonds is 8. The molecule has 0 atom stereocenters. The van der Waals surface area contributed by atoms with E-state index in [1.54, 1.807) is 24.0 Å². The van der Waals surface area contributed by atoms with Crippen LogP contribution in [0.25, 0.3) is 0 Å². The SMILES string of the molecule is CCNC(=NCc1ccnn1C)NCCSCc1ccccc1F.I. The van der Waals surface area contributed by atoms with E-state index in [0.717, 1.165) is 36.1 Å². The fourth-order valence-electron chi connectivity index (χ4n) is 2.10. The summed E-state index contributed by atoms with van der Waals surface area (Å²) in [5, 5.41) is 10.7. The summed E-state index contributed by atoms with van der Waals surface area (Å²) < 4.78 is 15.3. The van der Waals surface area contributed by atoms with Crippen molar-refractivity contribution in [2.45, 2.75) is 19.2 Å². The molecule has 1 aromatic heterocycles. The standard InChI is InChI=1S/C17H24FN5S.HI/c1-3-19-17(21-12-15-8-9-22-23(15)2)20-10-11-24-13-14-6-4-5-7-16(14)18;/h4-9H,3,10-13H2,1-2H3,(H2,19,20,21);1H. The lowest BCUT2D eigenvalue weighted by molar-refractivity contribution is 0.617. The Bertz CT molecular complexity index is 662. The zero-order valence-electron chi connectivity index (χ0n) is 14.5. The first-order chi connectivity index (χ1) is 11.7. The van der Waals surface area contributed by atoms with E-state index >= 15 is 0 Å². The number of hydrogen-bond acceptors (Lipinski definition) is 3. The highest BCUT2D eigenvalue weighted by Gasteiger charge is 2.02. The van der Waals surface area contributed by atoms with Gasteiger partial charge in [0, 0.05) is 37.8 Å². The number of aryl methyl sites for hydroxylation is 1. The van der Waals surface area contributed by atoms with Gasteiger partial charge < -0.3 is 10.6 Å². The van der Waals surface area contributed by atoms with E-state index in [2.05, 4.69) is 20.7 Å². The molecule has 2 aromatic rings. The quantitative estimate of drug-likeness (QED) is 0.266. The average molecular weight is 477 g/mol. The van der Waals surface area contributed by atoms with Crippen LogP contribution in [0.3, 0.4) is 0 Å². The van der Waals surface area contributed by atoms with Crippen molar-refractivity contribution < 1.29 is 4.39 Å². The highest BCUT2D eigenvalue weighted by molar-refractivity contribution is 14.0. The van der Waals surface area contributed by atoms with Crippen LogP contribution in [0, 0.1) is 5.82 Å². The van der Waals surface area contributed by atoms with Crippen LogP contribution in [0.2, 0.25) is 0 Å². The van der Waals surface area contributed by atoms with Gasteiger partial charge in [-0.05, 0) is 24.6 Å². The normalized spacial score (nSPS) is 11.1. The first-order valence-corrected chi connectivity index (χ1v) is 9.16. The summed E-state index contributed by atoms with van der Waals surface area (Å²) in [6.07, 6.45) is 1.77. The number of hydrogen-bond donors (Lipinski definition) is 2. The minimum absolute atomic E-state index is 0. The van der Waals surface area contributed by atoms with Crippen molar-refractivity contribution in [2.75, 3.05) is 18.8 Å². The molecule has 5 nitrogen and oxygen atoms in total. The van der Waals surface area contributed by atoms with Gasteiger partial charge in [-0.3, -0.25) is 4.68 Å². The fraction of sp³-hybridized carbons (Fsp3) is 0.412. The molecular weight excluding hydrogens is 452 g/mol. The maximum absolute atomic E-state index is 13.5. The van der Waals surface area contributed by atoms with Crippen LogP contribution >= 0.6 is 35.7 Å². The fourth-order valence-corrected chi connectivity index (χ4v) is 2.94. The molecule has 0 saturated heterocycles. The topological polar surface area (TPSA) is 54.2 Å². The van der Waals surface area contributed by atoms with Crippen LogP contribution in [-0.4, -0.2) is 34.6 Å². The lowest BCUT2D eigenvalue weighted by Gasteiger charge is -2.11. The van der Waals surface area contributed by atoms with Crippen molar-refractivity contribution >= 4 is 41.7 Å². The van der Waals surface area contributed by atoms with E-state index in [1.165, 1.54) is 6.07 Å². The molecule has 2 rings (SSSR count). The molecule has 0 amide bonds. The number of aromatic nitrogens is 2. The van der Waals surface area contributed by atoms with Gasteiger partial charge in [-0.2, -0.15) is 16.9 Å². The minimum atomic E-state index is -0.135. The zero-order chi connectivity index (χ0) is 17.2. The number of benzene rings is 1. The largest absolute Gasteiger partial charge is 0.357 e. The molecule has 138 valence electrons. The molecule has 0 aliphatic heterocycles. The molecule has 0 bridgehead atoms. The second kappa shape index (κ2) is 12.1. The molecule has 0 radical (unpaired) electrons. The number of thioether (sulfide) groups is 1. The minimum Gasteiger partial charge on any atom is -0.357 e. The van der Waals surface area contributed by atoms with Crippen molar-refractivity contribution in [1.29, 1.82) is 0 Å². The Balaban J connectivity index is 0.00000312. The van der Waals surface area contributed by atoms with Gasteiger partial charge >= 0.3 is 0 Å². The molecule has 2 N–H and O–H groups in total. The summed E-state index contributed by atoms with van der Waals surface area (Å²) in [5.41, 5.74) is 1.81. The molecule has 0 aliphatic carbocycles. The molecule has 1 aromatic carbocycles. The van der Waals surface area contributed by atoms with E-state index in [9.17, 15) is 4.39 Å². The van der Waals surface area contributed by atoms with Crippen LogP contribution in [0.5, 0.6) is 0 Å². The van der Waals surface area contributed by atoms with Gasteiger partial charge in [-0.1, -0.05) is 18.2 Å². The predicted molar refractivity (Wildman–Crippen MR) is 114 cm³/mol.